The molecule has 1 saturated heterocycles. The van der Waals surface area contributed by atoms with Crippen LogP contribution in [-0.2, 0) is 13.0 Å². The van der Waals surface area contributed by atoms with E-state index in [1.165, 1.54) is 12.0 Å². The number of rotatable bonds is 5. The molecule has 0 amide bonds. The number of hydrogen-bond donors (Lipinski definition) is 0. The highest BCUT2D eigenvalue weighted by Gasteiger charge is 2.23. The first-order valence-corrected chi connectivity index (χ1v) is 8.07. The summed E-state index contributed by atoms with van der Waals surface area (Å²) in [4.78, 5) is 6.76. The van der Waals surface area contributed by atoms with Crippen molar-refractivity contribution in [2.45, 2.75) is 19.4 Å². The average molecular weight is 317 g/mol. The van der Waals surface area contributed by atoms with E-state index in [-0.39, 0.29) is 0 Å². The van der Waals surface area contributed by atoms with Crippen molar-refractivity contribution in [2.75, 3.05) is 20.2 Å². The lowest BCUT2D eigenvalue weighted by molar-refractivity contribution is 0.305. The van der Waals surface area contributed by atoms with Crippen LogP contribution in [0.25, 0.3) is 0 Å². The molecule has 116 valence electrons. The Labute approximate surface area is 136 Å². The molecule has 1 aliphatic heterocycles. The molecule has 0 spiro atoms. The first-order valence-electron chi connectivity index (χ1n) is 7.69. The second-order valence-corrected chi connectivity index (χ2v) is 6.33. The number of ether oxygens (including phenoxy) is 1. The summed E-state index contributed by atoms with van der Waals surface area (Å²) in [5.74, 6) is 1.45. The minimum atomic E-state index is 0.712. The van der Waals surface area contributed by atoms with Crippen LogP contribution in [0.15, 0.2) is 42.6 Å². The van der Waals surface area contributed by atoms with Crippen molar-refractivity contribution < 1.29 is 4.74 Å². The van der Waals surface area contributed by atoms with Gasteiger partial charge < -0.3 is 4.74 Å². The topological polar surface area (TPSA) is 25.4 Å². The van der Waals surface area contributed by atoms with Gasteiger partial charge in [-0.25, -0.2) is 4.98 Å². The molecular weight excluding hydrogens is 296 g/mol. The van der Waals surface area contributed by atoms with Gasteiger partial charge in [-0.05, 0) is 49.1 Å². The Hall–Kier alpha value is -1.58. The SMILES string of the molecule is COc1ncccc1CN1CCC(Cc2ccc(Cl)cc2)C1. The maximum absolute atomic E-state index is 5.94. The van der Waals surface area contributed by atoms with E-state index in [1.54, 1.807) is 13.3 Å². The fourth-order valence-electron chi connectivity index (χ4n) is 3.15. The Morgan fingerprint density at radius 3 is 2.86 bits per heavy atom. The Morgan fingerprint density at radius 2 is 2.09 bits per heavy atom. The third-order valence-corrected chi connectivity index (χ3v) is 4.50. The van der Waals surface area contributed by atoms with Crippen LogP contribution in [0.4, 0.5) is 0 Å². The number of halogens is 1. The number of aromatic nitrogens is 1. The smallest absolute Gasteiger partial charge is 0.217 e. The predicted octanol–water partition coefficient (Wildman–Crippen LogP) is 3.81. The van der Waals surface area contributed by atoms with Crippen molar-refractivity contribution in [3.05, 3.63) is 58.7 Å². The summed E-state index contributed by atoms with van der Waals surface area (Å²) in [5, 5.41) is 0.806. The normalized spacial score (nSPS) is 18.5. The highest BCUT2D eigenvalue weighted by Crippen LogP contribution is 2.25. The van der Waals surface area contributed by atoms with E-state index in [9.17, 15) is 0 Å². The van der Waals surface area contributed by atoms with Crippen LogP contribution >= 0.6 is 11.6 Å². The lowest BCUT2D eigenvalue weighted by Crippen LogP contribution is -2.21. The summed E-state index contributed by atoms with van der Waals surface area (Å²) in [7, 11) is 1.68. The van der Waals surface area contributed by atoms with Gasteiger partial charge in [0.1, 0.15) is 0 Å². The first-order chi connectivity index (χ1) is 10.7. The first kappa shape index (κ1) is 15.3. The summed E-state index contributed by atoms with van der Waals surface area (Å²) >= 11 is 5.94. The van der Waals surface area contributed by atoms with Crippen molar-refractivity contribution in [1.29, 1.82) is 0 Å². The van der Waals surface area contributed by atoms with Crippen LogP contribution in [0, 0.1) is 5.92 Å². The number of methoxy groups -OCH3 is 1. The van der Waals surface area contributed by atoms with Crippen molar-refractivity contribution in [3.8, 4) is 5.88 Å². The van der Waals surface area contributed by atoms with E-state index in [4.69, 9.17) is 16.3 Å². The molecule has 1 aromatic heterocycles. The van der Waals surface area contributed by atoms with Gasteiger partial charge in [0.05, 0.1) is 7.11 Å². The molecule has 1 aromatic carbocycles. The van der Waals surface area contributed by atoms with Gasteiger partial charge >= 0.3 is 0 Å². The van der Waals surface area contributed by atoms with E-state index in [0.29, 0.717) is 5.92 Å². The number of likely N-dealkylation sites (tertiary alicyclic amines) is 1. The maximum Gasteiger partial charge on any atom is 0.217 e. The Balaban J connectivity index is 1.57. The van der Waals surface area contributed by atoms with E-state index < -0.39 is 0 Å². The van der Waals surface area contributed by atoms with Gasteiger partial charge in [0.25, 0.3) is 0 Å². The molecule has 1 aliphatic rings. The standard InChI is InChI=1S/C18H21ClN2O/c1-22-18-16(3-2-9-20-18)13-21-10-8-15(12-21)11-14-4-6-17(19)7-5-14/h2-7,9,15H,8,10-13H2,1H3. The molecule has 1 atom stereocenters. The van der Waals surface area contributed by atoms with Crippen LogP contribution in [0.2, 0.25) is 5.02 Å². The largest absolute Gasteiger partial charge is 0.481 e. The van der Waals surface area contributed by atoms with Gasteiger partial charge in [0, 0.05) is 29.9 Å². The van der Waals surface area contributed by atoms with Crippen LogP contribution < -0.4 is 4.74 Å². The average Bonchev–Trinajstić information content (AvgIpc) is 2.97. The lowest BCUT2D eigenvalue weighted by atomic mass is 9.99. The molecular formula is C18H21ClN2O. The fraction of sp³-hybridized carbons (Fsp3) is 0.389. The second-order valence-electron chi connectivity index (χ2n) is 5.89. The Kier molecular flexibility index (Phi) is 4.96. The molecule has 2 aromatic rings. The minimum absolute atomic E-state index is 0.712. The van der Waals surface area contributed by atoms with Gasteiger partial charge in [-0.2, -0.15) is 0 Å². The second kappa shape index (κ2) is 7.12. The molecule has 1 unspecified atom stereocenters. The zero-order valence-electron chi connectivity index (χ0n) is 12.8. The van der Waals surface area contributed by atoms with Gasteiger partial charge in [-0.15, -0.1) is 0 Å². The number of pyridine rings is 1. The highest BCUT2D eigenvalue weighted by atomic mass is 35.5. The highest BCUT2D eigenvalue weighted by molar-refractivity contribution is 6.30. The Morgan fingerprint density at radius 1 is 1.27 bits per heavy atom. The molecule has 0 N–H and O–H groups in total. The Bertz CT molecular complexity index is 615. The number of nitrogens with zero attached hydrogens (tertiary/aromatic N) is 2. The molecule has 3 rings (SSSR count). The van der Waals surface area contributed by atoms with E-state index in [1.807, 2.05) is 18.2 Å². The van der Waals surface area contributed by atoms with E-state index in [2.05, 4.69) is 28.1 Å². The molecule has 22 heavy (non-hydrogen) atoms. The molecule has 0 aliphatic carbocycles. The minimum Gasteiger partial charge on any atom is -0.481 e. The van der Waals surface area contributed by atoms with Gasteiger partial charge in [0.15, 0.2) is 0 Å². The molecule has 4 heteroatoms. The van der Waals surface area contributed by atoms with Gasteiger partial charge in [-0.1, -0.05) is 29.8 Å². The molecule has 0 bridgehead atoms. The molecule has 2 heterocycles. The molecule has 0 saturated carbocycles. The summed E-state index contributed by atoms with van der Waals surface area (Å²) in [6.45, 7) is 3.17. The third-order valence-electron chi connectivity index (χ3n) is 4.24. The van der Waals surface area contributed by atoms with E-state index in [0.717, 1.165) is 42.5 Å². The van der Waals surface area contributed by atoms with Gasteiger partial charge in [-0.3, -0.25) is 4.90 Å². The lowest BCUT2D eigenvalue weighted by Gasteiger charge is -2.17. The molecule has 3 nitrogen and oxygen atoms in total. The number of hydrogen-bond acceptors (Lipinski definition) is 3. The quantitative estimate of drug-likeness (QED) is 0.838. The van der Waals surface area contributed by atoms with Crippen molar-refractivity contribution in [1.82, 2.24) is 9.88 Å². The summed E-state index contributed by atoms with van der Waals surface area (Å²) in [5.41, 5.74) is 2.53. The monoisotopic (exact) mass is 316 g/mol. The maximum atomic E-state index is 5.94. The zero-order valence-corrected chi connectivity index (χ0v) is 13.6. The van der Waals surface area contributed by atoms with Crippen LogP contribution in [0.5, 0.6) is 5.88 Å². The van der Waals surface area contributed by atoms with Crippen molar-refractivity contribution in [2.24, 2.45) is 5.92 Å². The molecule has 1 fully saturated rings. The third kappa shape index (κ3) is 3.79. The fourth-order valence-corrected chi connectivity index (χ4v) is 3.27. The molecule has 0 radical (unpaired) electrons. The van der Waals surface area contributed by atoms with E-state index >= 15 is 0 Å². The van der Waals surface area contributed by atoms with Crippen molar-refractivity contribution in [3.63, 3.8) is 0 Å². The number of benzene rings is 1. The summed E-state index contributed by atoms with van der Waals surface area (Å²) in [6.07, 6.45) is 4.14. The van der Waals surface area contributed by atoms with Crippen LogP contribution in [0.1, 0.15) is 17.5 Å². The van der Waals surface area contributed by atoms with Crippen molar-refractivity contribution >= 4 is 11.6 Å². The summed E-state index contributed by atoms with van der Waals surface area (Å²) < 4.78 is 5.34. The van der Waals surface area contributed by atoms with Crippen LogP contribution in [0.3, 0.4) is 0 Å². The zero-order chi connectivity index (χ0) is 15.4. The van der Waals surface area contributed by atoms with Crippen LogP contribution in [-0.4, -0.2) is 30.1 Å². The summed E-state index contributed by atoms with van der Waals surface area (Å²) in [6, 6.07) is 12.3. The van der Waals surface area contributed by atoms with Gasteiger partial charge in [0.2, 0.25) is 5.88 Å². The predicted molar refractivity (Wildman–Crippen MR) is 89.3 cm³/mol.